The number of aromatic amines is 1. The SMILES string of the molecule is NC1CCCCCC1NC(=O)c1cnc[nH]1. The molecule has 0 aliphatic heterocycles. The third-order valence-corrected chi connectivity index (χ3v) is 3.13. The number of carbonyl (C=O) groups excluding carboxylic acids is 1. The second-order valence-corrected chi connectivity index (χ2v) is 4.35. The van der Waals surface area contributed by atoms with Gasteiger partial charge in [-0.2, -0.15) is 0 Å². The molecule has 1 aliphatic rings. The van der Waals surface area contributed by atoms with Gasteiger partial charge in [0.15, 0.2) is 0 Å². The molecule has 5 heteroatoms. The summed E-state index contributed by atoms with van der Waals surface area (Å²) in [5.41, 5.74) is 6.54. The molecule has 1 aliphatic carbocycles. The van der Waals surface area contributed by atoms with Gasteiger partial charge in [-0.25, -0.2) is 4.98 Å². The van der Waals surface area contributed by atoms with E-state index in [0.29, 0.717) is 5.69 Å². The Morgan fingerprint density at radius 1 is 1.44 bits per heavy atom. The van der Waals surface area contributed by atoms with Crippen molar-refractivity contribution >= 4 is 5.91 Å². The van der Waals surface area contributed by atoms with Crippen molar-refractivity contribution in [1.29, 1.82) is 0 Å². The lowest BCUT2D eigenvalue weighted by Crippen LogP contribution is -2.47. The van der Waals surface area contributed by atoms with E-state index >= 15 is 0 Å². The van der Waals surface area contributed by atoms with Crippen LogP contribution in [0.1, 0.15) is 42.6 Å². The molecule has 4 N–H and O–H groups in total. The molecule has 2 unspecified atom stereocenters. The molecule has 88 valence electrons. The van der Waals surface area contributed by atoms with E-state index in [-0.39, 0.29) is 18.0 Å². The summed E-state index contributed by atoms with van der Waals surface area (Å²) in [5, 5.41) is 2.98. The van der Waals surface area contributed by atoms with E-state index in [2.05, 4.69) is 15.3 Å². The van der Waals surface area contributed by atoms with E-state index in [0.717, 1.165) is 25.7 Å². The van der Waals surface area contributed by atoms with Gasteiger partial charge in [0, 0.05) is 12.1 Å². The summed E-state index contributed by atoms with van der Waals surface area (Å²) in [6.45, 7) is 0. The highest BCUT2D eigenvalue weighted by molar-refractivity contribution is 5.92. The Balaban J connectivity index is 1.95. The van der Waals surface area contributed by atoms with Crippen LogP contribution in [0.4, 0.5) is 0 Å². The van der Waals surface area contributed by atoms with Gasteiger partial charge in [-0.1, -0.05) is 19.3 Å². The Kier molecular flexibility index (Phi) is 3.56. The van der Waals surface area contributed by atoms with E-state index in [9.17, 15) is 4.79 Å². The van der Waals surface area contributed by atoms with Gasteiger partial charge in [-0.3, -0.25) is 4.79 Å². The number of nitrogens with two attached hydrogens (primary N) is 1. The van der Waals surface area contributed by atoms with Crippen molar-refractivity contribution in [2.75, 3.05) is 0 Å². The number of nitrogens with zero attached hydrogens (tertiary/aromatic N) is 1. The fraction of sp³-hybridized carbons (Fsp3) is 0.636. The average molecular weight is 222 g/mol. The lowest BCUT2D eigenvalue weighted by Gasteiger charge is -2.22. The maximum Gasteiger partial charge on any atom is 0.269 e. The molecule has 0 aromatic carbocycles. The predicted molar refractivity (Wildman–Crippen MR) is 60.9 cm³/mol. The van der Waals surface area contributed by atoms with Gasteiger partial charge in [0.25, 0.3) is 5.91 Å². The fourth-order valence-corrected chi connectivity index (χ4v) is 2.14. The highest BCUT2D eigenvalue weighted by atomic mass is 16.2. The predicted octanol–water partition coefficient (Wildman–Crippen LogP) is 0.799. The summed E-state index contributed by atoms with van der Waals surface area (Å²) in [4.78, 5) is 18.4. The van der Waals surface area contributed by atoms with Crippen molar-refractivity contribution < 1.29 is 4.79 Å². The van der Waals surface area contributed by atoms with Crippen LogP contribution in [-0.4, -0.2) is 28.0 Å². The number of amides is 1. The smallest absolute Gasteiger partial charge is 0.269 e. The first kappa shape index (κ1) is 11.1. The Hall–Kier alpha value is -1.36. The lowest BCUT2D eigenvalue weighted by molar-refractivity contribution is 0.0924. The third kappa shape index (κ3) is 2.61. The van der Waals surface area contributed by atoms with Crippen LogP contribution in [0.2, 0.25) is 0 Å². The molecule has 0 radical (unpaired) electrons. The Morgan fingerprint density at radius 2 is 2.25 bits per heavy atom. The molecule has 1 aromatic heterocycles. The molecule has 1 heterocycles. The molecule has 2 atom stereocenters. The zero-order valence-electron chi connectivity index (χ0n) is 9.28. The number of carbonyl (C=O) groups is 1. The maximum absolute atomic E-state index is 11.8. The molecule has 1 aromatic rings. The molecule has 0 spiro atoms. The van der Waals surface area contributed by atoms with Crippen molar-refractivity contribution in [2.24, 2.45) is 5.73 Å². The minimum Gasteiger partial charge on any atom is -0.346 e. The van der Waals surface area contributed by atoms with Crippen molar-refractivity contribution in [3.8, 4) is 0 Å². The summed E-state index contributed by atoms with van der Waals surface area (Å²) in [6, 6.07) is 0.174. The number of hydrogen-bond donors (Lipinski definition) is 3. The summed E-state index contributed by atoms with van der Waals surface area (Å²) in [5.74, 6) is -0.111. The van der Waals surface area contributed by atoms with Crippen molar-refractivity contribution in [3.63, 3.8) is 0 Å². The summed E-state index contributed by atoms with van der Waals surface area (Å²) < 4.78 is 0. The van der Waals surface area contributed by atoms with Gasteiger partial charge in [-0.15, -0.1) is 0 Å². The third-order valence-electron chi connectivity index (χ3n) is 3.13. The molecule has 0 saturated heterocycles. The maximum atomic E-state index is 11.8. The topological polar surface area (TPSA) is 83.8 Å². The van der Waals surface area contributed by atoms with Crippen LogP contribution in [0.15, 0.2) is 12.5 Å². The first-order valence-electron chi connectivity index (χ1n) is 5.82. The molecule has 5 nitrogen and oxygen atoms in total. The quantitative estimate of drug-likeness (QED) is 0.647. The van der Waals surface area contributed by atoms with Crippen LogP contribution >= 0.6 is 0 Å². The van der Waals surface area contributed by atoms with E-state index in [1.165, 1.54) is 18.9 Å². The summed E-state index contributed by atoms with van der Waals surface area (Å²) in [6.07, 6.45) is 8.51. The zero-order valence-corrected chi connectivity index (χ0v) is 9.28. The second kappa shape index (κ2) is 5.12. The van der Waals surface area contributed by atoms with Gasteiger partial charge in [0.1, 0.15) is 5.69 Å². The van der Waals surface area contributed by atoms with Crippen LogP contribution in [0.25, 0.3) is 0 Å². The van der Waals surface area contributed by atoms with Gasteiger partial charge >= 0.3 is 0 Å². The largest absolute Gasteiger partial charge is 0.346 e. The molecular formula is C11H18N4O. The van der Waals surface area contributed by atoms with E-state index < -0.39 is 0 Å². The van der Waals surface area contributed by atoms with Crippen molar-refractivity contribution in [2.45, 2.75) is 44.2 Å². The minimum absolute atomic E-state index is 0.0781. The molecule has 2 rings (SSSR count). The standard InChI is InChI=1S/C11H18N4O/c12-8-4-2-1-3-5-9(8)15-11(16)10-6-13-7-14-10/h6-9H,1-5,12H2,(H,13,14)(H,15,16). The van der Waals surface area contributed by atoms with Gasteiger partial charge in [0.2, 0.25) is 0 Å². The number of rotatable bonds is 2. The number of aromatic nitrogens is 2. The molecule has 0 bridgehead atoms. The van der Waals surface area contributed by atoms with Gasteiger partial charge < -0.3 is 16.0 Å². The summed E-state index contributed by atoms with van der Waals surface area (Å²) >= 11 is 0. The van der Waals surface area contributed by atoms with Crippen LogP contribution < -0.4 is 11.1 Å². The van der Waals surface area contributed by atoms with Crippen LogP contribution in [0, 0.1) is 0 Å². The Morgan fingerprint density at radius 3 is 3.00 bits per heavy atom. The van der Waals surface area contributed by atoms with E-state index in [4.69, 9.17) is 5.73 Å². The van der Waals surface area contributed by atoms with Crippen LogP contribution in [0.5, 0.6) is 0 Å². The van der Waals surface area contributed by atoms with Crippen LogP contribution in [-0.2, 0) is 0 Å². The van der Waals surface area contributed by atoms with E-state index in [1.807, 2.05) is 0 Å². The van der Waals surface area contributed by atoms with Gasteiger partial charge in [-0.05, 0) is 12.8 Å². The zero-order chi connectivity index (χ0) is 11.4. The molecular weight excluding hydrogens is 204 g/mol. The highest BCUT2D eigenvalue weighted by Gasteiger charge is 2.22. The number of nitrogens with one attached hydrogen (secondary N) is 2. The molecule has 1 amide bonds. The Bertz CT molecular complexity index is 336. The average Bonchev–Trinajstić information content (AvgIpc) is 2.73. The number of H-pyrrole nitrogens is 1. The molecule has 1 saturated carbocycles. The lowest BCUT2D eigenvalue weighted by atomic mass is 10.0. The first-order valence-corrected chi connectivity index (χ1v) is 5.82. The fourth-order valence-electron chi connectivity index (χ4n) is 2.14. The van der Waals surface area contributed by atoms with Crippen LogP contribution in [0.3, 0.4) is 0 Å². The van der Waals surface area contributed by atoms with Gasteiger partial charge in [0.05, 0.1) is 12.5 Å². The number of imidazole rings is 1. The number of hydrogen-bond acceptors (Lipinski definition) is 3. The second-order valence-electron chi connectivity index (χ2n) is 4.35. The first-order chi connectivity index (χ1) is 7.77. The molecule has 16 heavy (non-hydrogen) atoms. The molecule has 1 fully saturated rings. The van der Waals surface area contributed by atoms with E-state index in [1.54, 1.807) is 0 Å². The monoisotopic (exact) mass is 222 g/mol. The van der Waals surface area contributed by atoms with Crippen molar-refractivity contribution in [3.05, 3.63) is 18.2 Å². The Labute approximate surface area is 94.8 Å². The minimum atomic E-state index is -0.111. The normalized spacial score (nSPS) is 26.1. The highest BCUT2D eigenvalue weighted by Crippen LogP contribution is 2.16. The summed E-state index contributed by atoms with van der Waals surface area (Å²) in [7, 11) is 0. The van der Waals surface area contributed by atoms with Crippen molar-refractivity contribution in [1.82, 2.24) is 15.3 Å².